The van der Waals surface area contributed by atoms with Crippen LogP contribution in [-0.4, -0.2) is 62.4 Å². The van der Waals surface area contributed by atoms with E-state index in [-0.39, 0.29) is 5.97 Å². The van der Waals surface area contributed by atoms with Gasteiger partial charge in [-0.1, -0.05) is 24.3 Å². The monoisotopic (exact) mass is 367 g/mol. The molecule has 0 spiro atoms. The minimum absolute atomic E-state index is 0.340. The zero-order valence-electron chi connectivity index (χ0n) is 15.8. The van der Waals surface area contributed by atoms with E-state index in [0.29, 0.717) is 12.2 Å². The molecule has 0 aliphatic carbocycles. The van der Waals surface area contributed by atoms with E-state index < -0.39 is 0 Å². The number of ether oxygens (including phenoxy) is 2. The summed E-state index contributed by atoms with van der Waals surface area (Å²) >= 11 is 0. The zero-order valence-corrected chi connectivity index (χ0v) is 15.8. The lowest BCUT2D eigenvalue weighted by Crippen LogP contribution is -2.41. The number of para-hydroxylation sites is 1. The van der Waals surface area contributed by atoms with Crippen LogP contribution in [0, 0.1) is 0 Å². The van der Waals surface area contributed by atoms with Gasteiger partial charge in [0, 0.05) is 31.7 Å². The zero-order chi connectivity index (χ0) is 19.1. The molecule has 0 unspecified atom stereocenters. The highest BCUT2D eigenvalue weighted by Gasteiger charge is 2.11. The third-order valence-corrected chi connectivity index (χ3v) is 4.53. The molecule has 0 radical (unpaired) electrons. The molecular weight excluding hydrogens is 342 g/mol. The first-order chi connectivity index (χ1) is 13.2. The Balaban J connectivity index is 1.61. The molecule has 27 heavy (non-hydrogen) atoms. The van der Waals surface area contributed by atoms with Crippen LogP contribution in [0.1, 0.15) is 21.5 Å². The summed E-state index contributed by atoms with van der Waals surface area (Å²) in [4.78, 5) is 13.8. The molecule has 1 saturated heterocycles. The topological polar surface area (TPSA) is 54.4 Å². The van der Waals surface area contributed by atoms with Crippen LogP contribution in [0.25, 0.3) is 0 Å². The maximum atomic E-state index is 11.5. The molecule has 1 aliphatic rings. The van der Waals surface area contributed by atoms with Crippen molar-refractivity contribution in [1.29, 1.82) is 0 Å². The van der Waals surface area contributed by atoms with Crippen LogP contribution in [0.3, 0.4) is 0 Å². The van der Waals surface area contributed by atoms with Gasteiger partial charge in [0.15, 0.2) is 0 Å². The minimum Gasteiger partial charge on any atom is -0.488 e. The third-order valence-electron chi connectivity index (χ3n) is 4.53. The first-order valence-corrected chi connectivity index (χ1v) is 9.02. The fourth-order valence-corrected chi connectivity index (χ4v) is 2.79. The van der Waals surface area contributed by atoms with Crippen molar-refractivity contribution in [2.24, 2.45) is 5.10 Å². The first kappa shape index (κ1) is 18.9. The molecule has 1 aliphatic heterocycles. The number of methoxy groups -OCH3 is 1. The number of nitrogens with zero attached hydrogens (tertiary/aromatic N) is 3. The Morgan fingerprint density at radius 2 is 1.78 bits per heavy atom. The second-order valence-electron chi connectivity index (χ2n) is 6.52. The number of rotatable bonds is 6. The lowest BCUT2D eigenvalue weighted by Gasteiger charge is -2.30. The third kappa shape index (κ3) is 5.31. The second-order valence-corrected chi connectivity index (χ2v) is 6.52. The maximum absolute atomic E-state index is 11.5. The van der Waals surface area contributed by atoms with Crippen molar-refractivity contribution in [3.8, 4) is 5.75 Å². The van der Waals surface area contributed by atoms with Gasteiger partial charge in [-0.3, -0.25) is 5.01 Å². The minimum atomic E-state index is -0.340. The summed E-state index contributed by atoms with van der Waals surface area (Å²) in [5.74, 6) is 0.445. The van der Waals surface area contributed by atoms with Gasteiger partial charge in [0.2, 0.25) is 0 Å². The van der Waals surface area contributed by atoms with Crippen LogP contribution >= 0.6 is 0 Å². The van der Waals surface area contributed by atoms with E-state index in [1.165, 1.54) is 7.11 Å². The lowest BCUT2D eigenvalue weighted by molar-refractivity contribution is 0.0600. The molecule has 0 bridgehead atoms. The summed E-state index contributed by atoms with van der Waals surface area (Å²) in [5, 5.41) is 6.68. The second kappa shape index (κ2) is 9.19. The Morgan fingerprint density at radius 1 is 1.07 bits per heavy atom. The summed E-state index contributed by atoms with van der Waals surface area (Å²) < 4.78 is 10.7. The average molecular weight is 367 g/mol. The number of esters is 1. The van der Waals surface area contributed by atoms with Crippen LogP contribution in [0.15, 0.2) is 53.6 Å². The van der Waals surface area contributed by atoms with E-state index in [1.807, 2.05) is 42.6 Å². The molecule has 3 rings (SSSR count). The quantitative estimate of drug-likeness (QED) is 0.580. The lowest BCUT2D eigenvalue weighted by atomic mass is 10.1. The fraction of sp³-hybridized carbons (Fsp3) is 0.333. The summed E-state index contributed by atoms with van der Waals surface area (Å²) in [6, 6.07) is 15.1. The number of likely N-dealkylation sites (N-methyl/N-ethyl adjacent to an activating group) is 1. The van der Waals surface area contributed by atoms with Crippen molar-refractivity contribution in [1.82, 2.24) is 9.91 Å². The molecule has 2 aromatic rings. The Kier molecular flexibility index (Phi) is 6.44. The van der Waals surface area contributed by atoms with Crippen LogP contribution in [0.5, 0.6) is 5.75 Å². The van der Waals surface area contributed by atoms with Gasteiger partial charge in [0.1, 0.15) is 12.4 Å². The van der Waals surface area contributed by atoms with Crippen molar-refractivity contribution in [3.63, 3.8) is 0 Å². The molecule has 6 nitrogen and oxygen atoms in total. The van der Waals surface area contributed by atoms with Crippen LogP contribution in [0.2, 0.25) is 0 Å². The van der Waals surface area contributed by atoms with Gasteiger partial charge in [-0.05, 0) is 36.9 Å². The molecule has 0 saturated carbocycles. The van der Waals surface area contributed by atoms with Gasteiger partial charge in [-0.25, -0.2) is 4.79 Å². The smallest absolute Gasteiger partial charge is 0.337 e. The molecule has 0 aromatic heterocycles. The number of carbonyl (C=O) groups excluding carboxylic acids is 1. The van der Waals surface area contributed by atoms with Crippen molar-refractivity contribution in [2.75, 3.05) is 40.3 Å². The van der Waals surface area contributed by atoms with Gasteiger partial charge < -0.3 is 14.4 Å². The molecule has 2 aromatic carbocycles. The predicted octanol–water partition coefficient (Wildman–Crippen LogP) is 2.63. The Morgan fingerprint density at radius 3 is 2.48 bits per heavy atom. The van der Waals surface area contributed by atoms with Gasteiger partial charge in [-0.2, -0.15) is 5.10 Å². The highest BCUT2D eigenvalue weighted by molar-refractivity contribution is 5.89. The molecule has 142 valence electrons. The normalized spacial score (nSPS) is 15.1. The average Bonchev–Trinajstić information content (AvgIpc) is 2.72. The maximum Gasteiger partial charge on any atom is 0.337 e. The number of piperazine rings is 1. The number of hydrogen-bond acceptors (Lipinski definition) is 6. The molecule has 1 fully saturated rings. The molecular formula is C21H25N3O3. The van der Waals surface area contributed by atoms with E-state index in [1.54, 1.807) is 12.1 Å². The highest BCUT2D eigenvalue weighted by Crippen LogP contribution is 2.18. The van der Waals surface area contributed by atoms with Crippen molar-refractivity contribution >= 4 is 12.2 Å². The largest absolute Gasteiger partial charge is 0.488 e. The number of carbonyl (C=O) groups is 1. The predicted molar refractivity (Wildman–Crippen MR) is 105 cm³/mol. The van der Waals surface area contributed by atoms with E-state index in [9.17, 15) is 4.79 Å². The summed E-state index contributed by atoms with van der Waals surface area (Å²) in [6.45, 7) is 4.33. The van der Waals surface area contributed by atoms with Crippen molar-refractivity contribution < 1.29 is 14.3 Å². The molecule has 6 heteroatoms. The van der Waals surface area contributed by atoms with Crippen LogP contribution in [-0.2, 0) is 11.3 Å². The standard InChI is InChI=1S/C21H25N3O3/c1-23-11-13-24(14-12-23)22-15-19-5-3-4-6-20(19)27-16-17-7-9-18(10-8-17)21(25)26-2/h3-10,15H,11-14,16H2,1-2H3. The number of benzene rings is 2. The summed E-state index contributed by atoms with van der Waals surface area (Å²) in [7, 11) is 3.50. The van der Waals surface area contributed by atoms with E-state index in [0.717, 1.165) is 43.1 Å². The number of hydrogen-bond donors (Lipinski definition) is 0. The Labute approximate surface area is 160 Å². The number of hydrazone groups is 1. The fourth-order valence-electron chi connectivity index (χ4n) is 2.79. The molecule has 1 heterocycles. The van der Waals surface area contributed by atoms with E-state index >= 15 is 0 Å². The van der Waals surface area contributed by atoms with Gasteiger partial charge in [0.25, 0.3) is 0 Å². The van der Waals surface area contributed by atoms with E-state index in [2.05, 4.69) is 22.1 Å². The molecule has 0 N–H and O–H groups in total. The van der Waals surface area contributed by atoms with Crippen LogP contribution < -0.4 is 4.74 Å². The van der Waals surface area contributed by atoms with E-state index in [4.69, 9.17) is 9.47 Å². The first-order valence-electron chi connectivity index (χ1n) is 9.02. The van der Waals surface area contributed by atoms with Gasteiger partial charge in [-0.15, -0.1) is 0 Å². The summed E-state index contributed by atoms with van der Waals surface area (Å²) in [5.41, 5.74) is 2.46. The molecule has 0 atom stereocenters. The summed E-state index contributed by atoms with van der Waals surface area (Å²) in [6.07, 6.45) is 1.86. The van der Waals surface area contributed by atoms with Crippen molar-refractivity contribution in [3.05, 3.63) is 65.2 Å². The van der Waals surface area contributed by atoms with Gasteiger partial charge in [0.05, 0.1) is 18.9 Å². The highest BCUT2D eigenvalue weighted by atomic mass is 16.5. The Bertz CT molecular complexity index is 782. The Hall–Kier alpha value is -2.86. The van der Waals surface area contributed by atoms with Crippen molar-refractivity contribution in [2.45, 2.75) is 6.61 Å². The molecule has 0 amide bonds. The SMILES string of the molecule is COC(=O)c1ccc(COc2ccccc2C=NN2CCN(C)CC2)cc1. The van der Waals surface area contributed by atoms with Crippen LogP contribution in [0.4, 0.5) is 0 Å². The van der Waals surface area contributed by atoms with Gasteiger partial charge >= 0.3 is 5.97 Å².